The van der Waals surface area contributed by atoms with Gasteiger partial charge in [-0.15, -0.1) is 0 Å². The molecular formula is C19H18N2O2. The number of carbonyl (C=O) groups is 2. The van der Waals surface area contributed by atoms with Gasteiger partial charge in [0.2, 0.25) is 0 Å². The summed E-state index contributed by atoms with van der Waals surface area (Å²) >= 11 is 0. The smallest absolute Gasteiger partial charge is 0.264 e. The molecule has 0 fully saturated rings. The van der Waals surface area contributed by atoms with Crippen LogP contribution in [0, 0.1) is 5.92 Å². The summed E-state index contributed by atoms with van der Waals surface area (Å²) in [5, 5.41) is 5.79. The molecule has 1 amide bonds. The normalized spacial score (nSPS) is 17.3. The van der Waals surface area contributed by atoms with Crippen LogP contribution in [0.15, 0.2) is 65.8 Å². The zero-order valence-corrected chi connectivity index (χ0v) is 13.0. The molecule has 0 N–H and O–H groups in total. The van der Waals surface area contributed by atoms with Crippen LogP contribution in [0.4, 0.5) is 5.69 Å². The maximum Gasteiger partial charge on any atom is 0.264 e. The summed E-state index contributed by atoms with van der Waals surface area (Å²) in [4.78, 5) is 25.6. The molecule has 116 valence electrons. The van der Waals surface area contributed by atoms with Crippen LogP contribution in [0.5, 0.6) is 0 Å². The van der Waals surface area contributed by atoms with E-state index in [9.17, 15) is 9.59 Å². The molecule has 1 atom stereocenters. The largest absolute Gasteiger partial charge is 0.293 e. The maximum absolute atomic E-state index is 12.8. The summed E-state index contributed by atoms with van der Waals surface area (Å²) < 4.78 is 0. The Morgan fingerprint density at radius 2 is 1.65 bits per heavy atom. The van der Waals surface area contributed by atoms with E-state index in [-0.39, 0.29) is 11.7 Å². The van der Waals surface area contributed by atoms with Gasteiger partial charge in [0.15, 0.2) is 5.78 Å². The fourth-order valence-corrected chi connectivity index (χ4v) is 2.74. The van der Waals surface area contributed by atoms with Crippen LogP contribution in [0.2, 0.25) is 0 Å². The lowest BCUT2D eigenvalue weighted by Gasteiger charge is -2.14. The standard InChI is InChI=1S/C19H18N2O2/c1-2-9-16-17(18(22)14-10-5-3-6-11-14)19(23)21(20-16)15-12-7-4-8-13-15/h3-8,10-13,17H,2,9H2,1H3/t17-/m1/s1. The Kier molecular flexibility index (Phi) is 4.33. The second-order valence-electron chi connectivity index (χ2n) is 5.49. The molecule has 0 saturated heterocycles. The van der Waals surface area contributed by atoms with Gasteiger partial charge in [-0.25, -0.2) is 0 Å². The van der Waals surface area contributed by atoms with Crippen molar-refractivity contribution in [2.75, 3.05) is 5.01 Å². The van der Waals surface area contributed by atoms with Crippen LogP contribution in [0.3, 0.4) is 0 Å². The lowest BCUT2D eigenvalue weighted by Crippen LogP contribution is -2.33. The van der Waals surface area contributed by atoms with Gasteiger partial charge in [0.05, 0.1) is 11.4 Å². The van der Waals surface area contributed by atoms with Crippen molar-refractivity contribution in [1.29, 1.82) is 0 Å². The number of rotatable bonds is 5. The Labute approximate surface area is 135 Å². The van der Waals surface area contributed by atoms with Crippen molar-refractivity contribution in [1.82, 2.24) is 0 Å². The summed E-state index contributed by atoms with van der Waals surface area (Å²) in [5.41, 5.74) is 1.88. The number of hydrazone groups is 1. The molecule has 0 bridgehead atoms. The molecule has 0 unspecified atom stereocenters. The molecule has 2 aromatic rings. The average Bonchev–Trinajstić information content (AvgIpc) is 2.92. The Balaban J connectivity index is 1.95. The molecule has 3 rings (SSSR count). The number of nitrogens with zero attached hydrogens (tertiary/aromatic N) is 2. The number of amides is 1. The summed E-state index contributed by atoms with van der Waals surface area (Å²) in [6, 6.07) is 18.2. The minimum absolute atomic E-state index is 0.179. The molecule has 0 aliphatic carbocycles. The zero-order valence-electron chi connectivity index (χ0n) is 13.0. The number of ketones is 1. The molecule has 1 heterocycles. The number of anilines is 1. The Morgan fingerprint density at radius 3 is 2.26 bits per heavy atom. The summed E-state index contributed by atoms with van der Waals surface area (Å²) in [6.07, 6.45) is 1.48. The van der Waals surface area contributed by atoms with E-state index in [1.165, 1.54) is 5.01 Å². The summed E-state index contributed by atoms with van der Waals surface area (Å²) in [7, 11) is 0. The quantitative estimate of drug-likeness (QED) is 0.625. The first kappa shape index (κ1) is 15.2. The van der Waals surface area contributed by atoms with Gasteiger partial charge in [0, 0.05) is 5.56 Å². The molecule has 0 aromatic heterocycles. The molecular weight excluding hydrogens is 288 g/mol. The van der Waals surface area contributed by atoms with E-state index < -0.39 is 5.92 Å². The van der Waals surface area contributed by atoms with Gasteiger partial charge in [-0.05, 0) is 18.6 Å². The summed E-state index contributed by atoms with van der Waals surface area (Å²) in [5.74, 6) is -1.26. The highest BCUT2D eigenvalue weighted by atomic mass is 16.2. The van der Waals surface area contributed by atoms with Crippen molar-refractivity contribution in [3.8, 4) is 0 Å². The number of hydrogen-bond donors (Lipinski definition) is 0. The number of benzene rings is 2. The van der Waals surface area contributed by atoms with Crippen molar-refractivity contribution >= 4 is 23.1 Å². The van der Waals surface area contributed by atoms with E-state index in [1.807, 2.05) is 43.3 Å². The summed E-state index contributed by atoms with van der Waals surface area (Å²) in [6.45, 7) is 2.02. The molecule has 2 aromatic carbocycles. The molecule has 0 radical (unpaired) electrons. The van der Waals surface area contributed by atoms with E-state index in [1.54, 1.807) is 24.3 Å². The van der Waals surface area contributed by atoms with Gasteiger partial charge in [-0.1, -0.05) is 61.9 Å². The molecule has 23 heavy (non-hydrogen) atoms. The molecule has 4 heteroatoms. The Hall–Kier alpha value is -2.75. The maximum atomic E-state index is 12.8. The highest BCUT2D eigenvalue weighted by molar-refractivity contribution is 6.30. The third kappa shape index (κ3) is 2.93. The molecule has 0 spiro atoms. The molecule has 1 aliphatic rings. The van der Waals surface area contributed by atoms with Gasteiger partial charge in [-0.3, -0.25) is 9.59 Å². The highest BCUT2D eigenvalue weighted by Gasteiger charge is 2.41. The van der Waals surface area contributed by atoms with E-state index in [2.05, 4.69) is 5.10 Å². The van der Waals surface area contributed by atoms with E-state index in [0.29, 0.717) is 23.4 Å². The number of Topliss-reactive ketones (excluding diaryl/α,β-unsaturated/α-hetero) is 1. The minimum Gasteiger partial charge on any atom is -0.293 e. The predicted octanol–water partition coefficient (Wildman–Crippen LogP) is 3.69. The number of hydrogen-bond acceptors (Lipinski definition) is 3. The SMILES string of the molecule is CCCC1=NN(c2ccccc2)C(=O)[C@H]1C(=O)c1ccccc1. The van der Waals surface area contributed by atoms with E-state index in [4.69, 9.17) is 0 Å². The minimum atomic E-state index is -0.808. The molecule has 0 saturated carbocycles. The van der Waals surface area contributed by atoms with Crippen molar-refractivity contribution in [3.63, 3.8) is 0 Å². The van der Waals surface area contributed by atoms with Gasteiger partial charge < -0.3 is 0 Å². The first-order chi connectivity index (χ1) is 11.2. The fraction of sp³-hybridized carbons (Fsp3) is 0.211. The van der Waals surface area contributed by atoms with Crippen LogP contribution in [0.1, 0.15) is 30.1 Å². The van der Waals surface area contributed by atoms with Gasteiger partial charge in [0.25, 0.3) is 5.91 Å². The van der Waals surface area contributed by atoms with Crippen molar-refractivity contribution in [2.45, 2.75) is 19.8 Å². The van der Waals surface area contributed by atoms with Gasteiger partial charge in [0.1, 0.15) is 5.92 Å². The molecule has 1 aliphatic heterocycles. The van der Waals surface area contributed by atoms with E-state index in [0.717, 1.165) is 6.42 Å². The van der Waals surface area contributed by atoms with E-state index >= 15 is 0 Å². The topological polar surface area (TPSA) is 49.7 Å². The van der Waals surface area contributed by atoms with Crippen LogP contribution in [-0.2, 0) is 4.79 Å². The zero-order chi connectivity index (χ0) is 16.2. The first-order valence-electron chi connectivity index (χ1n) is 7.78. The monoisotopic (exact) mass is 306 g/mol. The third-order valence-electron chi connectivity index (χ3n) is 3.84. The van der Waals surface area contributed by atoms with Gasteiger partial charge >= 0.3 is 0 Å². The number of carbonyl (C=O) groups excluding carboxylic acids is 2. The average molecular weight is 306 g/mol. The van der Waals surface area contributed by atoms with Crippen LogP contribution < -0.4 is 5.01 Å². The van der Waals surface area contributed by atoms with Crippen LogP contribution >= 0.6 is 0 Å². The van der Waals surface area contributed by atoms with Crippen molar-refractivity contribution in [3.05, 3.63) is 66.2 Å². The second kappa shape index (κ2) is 6.57. The van der Waals surface area contributed by atoms with Crippen LogP contribution in [-0.4, -0.2) is 17.4 Å². The fourth-order valence-electron chi connectivity index (χ4n) is 2.74. The first-order valence-corrected chi connectivity index (χ1v) is 7.78. The predicted molar refractivity (Wildman–Crippen MR) is 90.5 cm³/mol. The molecule has 4 nitrogen and oxygen atoms in total. The Bertz CT molecular complexity index is 738. The second-order valence-corrected chi connectivity index (χ2v) is 5.49. The highest BCUT2D eigenvalue weighted by Crippen LogP contribution is 2.27. The third-order valence-corrected chi connectivity index (χ3v) is 3.84. The lowest BCUT2D eigenvalue weighted by molar-refractivity contribution is -0.118. The lowest BCUT2D eigenvalue weighted by atomic mass is 9.91. The van der Waals surface area contributed by atoms with Crippen molar-refractivity contribution < 1.29 is 9.59 Å². The van der Waals surface area contributed by atoms with Crippen LogP contribution in [0.25, 0.3) is 0 Å². The number of para-hydroxylation sites is 1. The van der Waals surface area contributed by atoms with Gasteiger partial charge in [-0.2, -0.15) is 10.1 Å². The van der Waals surface area contributed by atoms with Crippen molar-refractivity contribution in [2.24, 2.45) is 11.0 Å². The Morgan fingerprint density at radius 1 is 1.04 bits per heavy atom.